The zero-order valence-electron chi connectivity index (χ0n) is 11.6. The molecule has 1 aromatic heterocycles. The predicted octanol–water partition coefficient (Wildman–Crippen LogP) is 2.79. The summed E-state index contributed by atoms with van der Waals surface area (Å²) in [6.45, 7) is 1.59. The monoisotopic (exact) mass is 260 g/mol. The summed E-state index contributed by atoms with van der Waals surface area (Å²) in [4.78, 5) is 4.64. The average molecular weight is 260 g/mol. The second kappa shape index (κ2) is 5.22. The molecule has 3 nitrogen and oxygen atoms in total. The van der Waals surface area contributed by atoms with Gasteiger partial charge in [-0.25, -0.2) is 0 Å². The van der Waals surface area contributed by atoms with Gasteiger partial charge in [0, 0.05) is 23.9 Å². The van der Waals surface area contributed by atoms with Gasteiger partial charge < -0.3 is 10.5 Å². The first-order valence-corrected chi connectivity index (χ1v) is 7.54. The van der Waals surface area contributed by atoms with Crippen molar-refractivity contribution in [1.29, 1.82) is 0 Å². The summed E-state index contributed by atoms with van der Waals surface area (Å²) < 4.78 is 6.18. The van der Waals surface area contributed by atoms with Crippen LogP contribution >= 0.6 is 0 Å². The fraction of sp³-hybridized carbons (Fsp3) is 0.688. The Labute approximate surface area is 115 Å². The molecule has 2 aliphatic rings. The van der Waals surface area contributed by atoms with Gasteiger partial charge in [0.25, 0.3) is 0 Å². The van der Waals surface area contributed by atoms with E-state index < -0.39 is 0 Å². The zero-order valence-corrected chi connectivity index (χ0v) is 11.6. The predicted molar refractivity (Wildman–Crippen MR) is 76.0 cm³/mol. The van der Waals surface area contributed by atoms with Crippen LogP contribution in [-0.2, 0) is 10.2 Å². The number of hydrogen-bond donors (Lipinski definition) is 1. The minimum absolute atomic E-state index is 0.116. The van der Waals surface area contributed by atoms with Crippen molar-refractivity contribution in [3.05, 3.63) is 30.1 Å². The van der Waals surface area contributed by atoms with E-state index in [0.29, 0.717) is 0 Å². The van der Waals surface area contributed by atoms with Crippen LogP contribution in [0, 0.1) is 0 Å². The third-order valence-corrected chi connectivity index (χ3v) is 5.00. The molecule has 0 aromatic carbocycles. The Morgan fingerprint density at radius 3 is 2.74 bits per heavy atom. The highest BCUT2D eigenvalue weighted by Gasteiger charge is 2.48. The van der Waals surface area contributed by atoms with Crippen LogP contribution in [0.3, 0.4) is 0 Å². The van der Waals surface area contributed by atoms with Crippen LogP contribution in [0.5, 0.6) is 0 Å². The number of nitrogens with two attached hydrogens (primary N) is 1. The van der Waals surface area contributed by atoms with E-state index in [1.54, 1.807) is 0 Å². The van der Waals surface area contributed by atoms with Crippen LogP contribution in [0.2, 0.25) is 0 Å². The Hall–Kier alpha value is -0.930. The van der Waals surface area contributed by atoms with Gasteiger partial charge in [-0.2, -0.15) is 0 Å². The van der Waals surface area contributed by atoms with Gasteiger partial charge in [-0.05, 0) is 50.8 Å². The molecule has 2 heterocycles. The number of hydrogen-bond acceptors (Lipinski definition) is 3. The highest BCUT2D eigenvalue weighted by Crippen LogP contribution is 2.49. The topological polar surface area (TPSA) is 48.1 Å². The van der Waals surface area contributed by atoms with Gasteiger partial charge in [-0.3, -0.25) is 4.98 Å². The fourth-order valence-electron chi connectivity index (χ4n) is 4.07. The van der Waals surface area contributed by atoms with Crippen molar-refractivity contribution < 1.29 is 4.74 Å². The molecule has 2 fully saturated rings. The summed E-state index contributed by atoms with van der Waals surface area (Å²) in [5.74, 6) is 0. The molecule has 104 valence electrons. The van der Waals surface area contributed by atoms with E-state index in [2.05, 4.69) is 17.1 Å². The van der Waals surface area contributed by atoms with Crippen LogP contribution in [-0.4, -0.2) is 23.7 Å². The molecule has 1 aliphatic carbocycles. The zero-order chi connectivity index (χ0) is 13.2. The molecule has 1 saturated heterocycles. The molecule has 0 amide bonds. The minimum Gasteiger partial charge on any atom is -0.375 e. The van der Waals surface area contributed by atoms with Crippen LogP contribution < -0.4 is 5.73 Å². The lowest BCUT2D eigenvalue weighted by atomic mass is 9.68. The molecule has 19 heavy (non-hydrogen) atoms. The molecule has 1 atom stereocenters. The van der Waals surface area contributed by atoms with Crippen molar-refractivity contribution in [3.8, 4) is 0 Å². The van der Waals surface area contributed by atoms with E-state index in [1.807, 2.05) is 12.3 Å². The maximum Gasteiger partial charge on any atom is 0.0691 e. The molecule has 1 aliphatic heterocycles. The van der Waals surface area contributed by atoms with E-state index in [-0.39, 0.29) is 11.0 Å². The summed E-state index contributed by atoms with van der Waals surface area (Å²) in [5.41, 5.74) is 7.37. The van der Waals surface area contributed by atoms with E-state index >= 15 is 0 Å². The Kier molecular flexibility index (Phi) is 3.59. The van der Waals surface area contributed by atoms with Crippen molar-refractivity contribution in [1.82, 2.24) is 4.98 Å². The Morgan fingerprint density at radius 1 is 1.21 bits per heavy atom. The number of pyridine rings is 1. The molecule has 3 rings (SSSR count). The molecule has 0 unspecified atom stereocenters. The quantitative estimate of drug-likeness (QED) is 0.909. The van der Waals surface area contributed by atoms with Gasteiger partial charge in [-0.15, -0.1) is 0 Å². The van der Waals surface area contributed by atoms with Gasteiger partial charge in [0.2, 0.25) is 0 Å². The van der Waals surface area contributed by atoms with Crippen molar-refractivity contribution >= 4 is 0 Å². The van der Waals surface area contributed by atoms with Crippen molar-refractivity contribution in [3.63, 3.8) is 0 Å². The van der Waals surface area contributed by atoms with E-state index in [1.165, 1.54) is 31.4 Å². The van der Waals surface area contributed by atoms with Gasteiger partial charge in [0.05, 0.1) is 5.60 Å². The van der Waals surface area contributed by atoms with E-state index in [4.69, 9.17) is 10.5 Å². The number of rotatable bonds is 3. The molecule has 2 N–H and O–H groups in total. The van der Waals surface area contributed by atoms with Gasteiger partial charge in [0.1, 0.15) is 0 Å². The van der Waals surface area contributed by atoms with Crippen LogP contribution in [0.4, 0.5) is 0 Å². The second-order valence-electron chi connectivity index (χ2n) is 6.20. The largest absolute Gasteiger partial charge is 0.375 e. The molecule has 1 saturated carbocycles. The first kappa shape index (κ1) is 13.1. The van der Waals surface area contributed by atoms with Crippen LogP contribution in [0.1, 0.15) is 50.6 Å². The molecule has 0 radical (unpaired) electrons. The first-order valence-electron chi connectivity index (χ1n) is 7.54. The third-order valence-electron chi connectivity index (χ3n) is 5.00. The van der Waals surface area contributed by atoms with Gasteiger partial charge in [0.15, 0.2) is 0 Å². The summed E-state index contributed by atoms with van der Waals surface area (Å²) in [6.07, 6.45) is 10.1. The lowest BCUT2D eigenvalue weighted by Crippen LogP contribution is -2.47. The summed E-state index contributed by atoms with van der Waals surface area (Å²) in [7, 11) is 0. The lowest BCUT2D eigenvalue weighted by Gasteiger charge is -2.46. The Balaban J connectivity index is 1.92. The van der Waals surface area contributed by atoms with Crippen molar-refractivity contribution in [2.45, 2.75) is 56.0 Å². The van der Waals surface area contributed by atoms with Crippen LogP contribution in [0.25, 0.3) is 0 Å². The summed E-state index contributed by atoms with van der Waals surface area (Å²) >= 11 is 0. The maximum absolute atomic E-state index is 6.18. The number of ether oxygens (including phenoxy) is 1. The van der Waals surface area contributed by atoms with Crippen LogP contribution in [0.15, 0.2) is 24.4 Å². The Bertz CT molecular complexity index is 410. The fourth-order valence-corrected chi connectivity index (χ4v) is 4.07. The van der Waals surface area contributed by atoms with Crippen molar-refractivity contribution in [2.24, 2.45) is 5.73 Å². The third kappa shape index (κ3) is 2.41. The first-order chi connectivity index (χ1) is 9.29. The standard InChI is InChI=1S/C16H24N2O/c17-10-8-15(14-5-1-4-11-18-14)9-12-19-16(13-15)6-2-3-7-16/h1,4-5,11H,2-3,6-10,12-13,17H2/t15-/m0/s1. The average Bonchev–Trinajstić information content (AvgIpc) is 2.88. The molecule has 1 aromatic rings. The molecular formula is C16H24N2O. The number of nitrogens with zero attached hydrogens (tertiary/aromatic N) is 1. The smallest absolute Gasteiger partial charge is 0.0691 e. The maximum atomic E-state index is 6.18. The number of aromatic nitrogens is 1. The second-order valence-corrected chi connectivity index (χ2v) is 6.20. The lowest BCUT2D eigenvalue weighted by molar-refractivity contribution is -0.104. The van der Waals surface area contributed by atoms with E-state index in [9.17, 15) is 0 Å². The minimum atomic E-state index is 0.116. The Morgan fingerprint density at radius 2 is 2.05 bits per heavy atom. The highest BCUT2D eigenvalue weighted by molar-refractivity contribution is 5.20. The molecule has 3 heteroatoms. The summed E-state index contributed by atoms with van der Waals surface area (Å²) in [6, 6.07) is 6.26. The normalized spacial score (nSPS) is 29.7. The SMILES string of the molecule is NCC[C@]1(c2ccccn2)CCOC2(CCCC2)C1. The van der Waals surface area contributed by atoms with Gasteiger partial charge >= 0.3 is 0 Å². The summed E-state index contributed by atoms with van der Waals surface area (Å²) in [5, 5.41) is 0. The highest BCUT2D eigenvalue weighted by atomic mass is 16.5. The molecule has 1 spiro atoms. The van der Waals surface area contributed by atoms with E-state index in [0.717, 1.165) is 32.4 Å². The van der Waals surface area contributed by atoms with Gasteiger partial charge in [-0.1, -0.05) is 18.9 Å². The molecule has 0 bridgehead atoms. The van der Waals surface area contributed by atoms with Crippen molar-refractivity contribution in [2.75, 3.05) is 13.2 Å². The molecular weight excluding hydrogens is 236 g/mol.